The number of benzene rings is 2. The molecule has 2 fully saturated rings. The highest BCUT2D eigenvalue weighted by molar-refractivity contribution is 5.88. The minimum Gasteiger partial charge on any atom is -0.453 e. The van der Waals surface area contributed by atoms with E-state index in [9.17, 15) is 24.3 Å². The highest BCUT2D eigenvalue weighted by Gasteiger charge is 2.39. The molecule has 0 spiro atoms. The molecule has 0 aliphatic carbocycles. The van der Waals surface area contributed by atoms with Crippen LogP contribution in [0, 0.1) is 5.92 Å². The largest absolute Gasteiger partial charge is 0.453 e. The van der Waals surface area contributed by atoms with Gasteiger partial charge in [-0.3, -0.25) is 14.6 Å². The molecule has 5 aromatic rings. The lowest BCUT2D eigenvalue weighted by atomic mass is 10.0. The third kappa shape index (κ3) is 8.20. The zero-order valence-corrected chi connectivity index (χ0v) is 33.1. The summed E-state index contributed by atoms with van der Waals surface area (Å²) in [7, 11) is 2.48. The van der Waals surface area contributed by atoms with E-state index in [1.807, 2.05) is 56.3 Å². The Bertz CT molecular complexity index is 2290. The number of aromatic nitrogens is 6. The summed E-state index contributed by atoms with van der Waals surface area (Å²) in [5.41, 5.74) is 6.37. The van der Waals surface area contributed by atoms with Gasteiger partial charge in [-0.25, -0.2) is 24.5 Å². The maximum Gasteiger partial charge on any atom is 0.407 e. The second-order valence-electron chi connectivity index (χ2n) is 15.0. The van der Waals surface area contributed by atoms with Gasteiger partial charge in [0.05, 0.1) is 79.1 Å². The van der Waals surface area contributed by atoms with Crippen molar-refractivity contribution >= 4 is 35.0 Å². The Labute approximate surface area is 335 Å². The van der Waals surface area contributed by atoms with Gasteiger partial charge in [-0.05, 0) is 56.2 Å². The smallest absolute Gasteiger partial charge is 0.407 e. The van der Waals surface area contributed by atoms with E-state index < -0.39 is 36.3 Å². The van der Waals surface area contributed by atoms with E-state index in [2.05, 4.69) is 35.3 Å². The molecule has 7 rings (SSSR count). The average molecular weight is 793 g/mol. The number of ether oxygens (including phenoxy) is 2. The SMILES string of the molecule is COC(=O)N[C@H](C(=O)N1CCC[C@H]1c1ncc(-c2ccc(-c3cnc4cc(-c5cnc([C@@H]6CCCN6C(=O)[C@@H](NC(=O)OC)[C@@H](C)O)[nH]5)ccc4n3)cc2)[nH]1)C(C)C. The number of aliphatic hydroxyl groups is 1. The van der Waals surface area contributed by atoms with E-state index in [0.717, 1.165) is 52.9 Å². The first kappa shape index (κ1) is 39.9. The zero-order valence-electron chi connectivity index (χ0n) is 33.1. The highest BCUT2D eigenvalue weighted by atomic mass is 16.5. The number of nitrogens with one attached hydrogen (secondary N) is 4. The second kappa shape index (κ2) is 17.0. The van der Waals surface area contributed by atoms with Crippen molar-refractivity contribution in [2.75, 3.05) is 27.3 Å². The molecule has 17 nitrogen and oxygen atoms in total. The minimum atomic E-state index is -1.15. The molecule has 304 valence electrons. The van der Waals surface area contributed by atoms with Gasteiger partial charge in [0.25, 0.3) is 0 Å². The molecule has 5 heterocycles. The van der Waals surface area contributed by atoms with Gasteiger partial charge in [0.15, 0.2) is 0 Å². The molecule has 17 heteroatoms. The molecule has 0 unspecified atom stereocenters. The monoisotopic (exact) mass is 792 g/mol. The molecular weight excluding hydrogens is 745 g/mol. The van der Waals surface area contributed by atoms with Crippen LogP contribution in [-0.2, 0) is 19.1 Å². The van der Waals surface area contributed by atoms with Gasteiger partial charge in [-0.2, -0.15) is 0 Å². The number of imidazole rings is 2. The molecule has 2 aliphatic rings. The number of hydrogen-bond donors (Lipinski definition) is 5. The van der Waals surface area contributed by atoms with Gasteiger partial charge in [0, 0.05) is 24.2 Å². The van der Waals surface area contributed by atoms with Crippen molar-refractivity contribution in [3.05, 3.63) is 72.7 Å². The molecule has 0 saturated carbocycles. The number of alkyl carbamates (subject to hydrolysis) is 2. The average Bonchev–Trinajstić information content (AvgIpc) is 4.07. The minimum absolute atomic E-state index is 0.119. The Balaban J connectivity index is 1.02. The Morgan fingerprint density at radius 1 is 0.707 bits per heavy atom. The van der Waals surface area contributed by atoms with Gasteiger partial charge in [0.1, 0.15) is 23.7 Å². The quantitative estimate of drug-likeness (QED) is 0.121. The molecule has 5 N–H and O–H groups in total. The summed E-state index contributed by atoms with van der Waals surface area (Å²) in [6, 6.07) is 11.3. The van der Waals surface area contributed by atoms with Crippen molar-refractivity contribution in [3.63, 3.8) is 0 Å². The number of hydrogen-bond acceptors (Lipinski definition) is 11. The number of aliphatic hydroxyl groups excluding tert-OH is 1. The number of methoxy groups -OCH3 is 2. The van der Waals surface area contributed by atoms with E-state index in [0.29, 0.717) is 42.4 Å². The van der Waals surface area contributed by atoms with Crippen LogP contribution in [0.15, 0.2) is 61.1 Å². The van der Waals surface area contributed by atoms with Crippen LogP contribution in [0.2, 0.25) is 0 Å². The third-order valence-corrected chi connectivity index (χ3v) is 10.8. The van der Waals surface area contributed by atoms with Crippen molar-refractivity contribution in [1.82, 2.24) is 50.3 Å². The number of aromatic amines is 2. The number of fused-ring (bicyclic) bond motifs is 1. The summed E-state index contributed by atoms with van der Waals surface area (Å²) in [5, 5.41) is 15.4. The van der Waals surface area contributed by atoms with Crippen LogP contribution < -0.4 is 10.6 Å². The maximum absolute atomic E-state index is 13.5. The van der Waals surface area contributed by atoms with Crippen LogP contribution in [0.3, 0.4) is 0 Å². The van der Waals surface area contributed by atoms with Gasteiger partial charge in [0.2, 0.25) is 11.8 Å². The van der Waals surface area contributed by atoms with Gasteiger partial charge >= 0.3 is 12.2 Å². The number of carbonyl (C=O) groups excluding carboxylic acids is 4. The summed E-state index contributed by atoms with van der Waals surface area (Å²) >= 11 is 0. The fourth-order valence-electron chi connectivity index (χ4n) is 7.70. The van der Waals surface area contributed by atoms with Crippen molar-refractivity contribution in [3.8, 4) is 33.8 Å². The van der Waals surface area contributed by atoms with Crippen molar-refractivity contribution < 1.29 is 33.8 Å². The molecule has 5 atom stereocenters. The Kier molecular flexibility index (Phi) is 11.7. The van der Waals surface area contributed by atoms with Crippen LogP contribution in [0.4, 0.5) is 9.59 Å². The van der Waals surface area contributed by atoms with Crippen LogP contribution in [-0.4, -0.2) is 114 Å². The predicted molar refractivity (Wildman–Crippen MR) is 213 cm³/mol. The van der Waals surface area contributed by atoms with Gasteiger partial charge in [-0.15, -0.1) is 0 Å². The molecule has 2 aromatic carbocycles. The lowest BCUT2D eigenvalue weighted by Gasteiger charge is -2.30. The van der Waals surface area contributed by atoms with Crippen LogP contribution in [0.1, 0.15) is 70.2 Å². The third-order valence-electron chi connectivity index (χ3n) is 10.8. The number of likely N-dealkylation sites (tertiary alicyclic amines) is 2. The fraction of sp³-hybridized carbons (Fsp3) is 0.415. The second-order valence-corrected chi connectivity index (χ2v) is 15.0. The number of rotatable bonds is 11. The predicted octanol–water partition coefficient (Wildman–Crippen LogP) is 4.89. The van der Waals surface area contributed by atoms with Gasteiger partial charge in [-0.1, -0.05) is 44.2 Å². The number of H-pyrrole nitrogens is 2. The van der Waals surface area contributed by atoms with E-state index in [1.165, 1.54) is 21.1 Å². The summed E-state index contributed by atoms with van der Waals surface area (Å²) in [6.45, 7) is 6.27. The van der Waals surface area contributed by atoms with E-state index in [1.54, 1.807) is 28.4 Å². The van der Waals surface area contributed by atoms with Gasteiger partial charge < -0.3 is 45.0 Å². The topological polar surface area (TPSA) is 221 Å². The zero-order chi connectivity index (χ0) is 41.1. The Hall–Kier alpha value is -6.36. The number of amides is 4. The van der Waals surface area contributed by atoms with Crippen LogP contribution in [0.5, 0.6) is 0 Å². The molecular formula is C41H48N10O7. The normalized spacial score (nSPS) is 18.3. The maximum atomic E-state index is 13.5. The molecule has 3 aromatic heterocycles. The molecule has 0 bridgehead atoms. The standard InChI is InChI=1S/C41H48N10O7/c1-22(2)34(48-40(55)57-4)38(53)50-16-6-8-32(50)36-43-20-30(46-36)25-12-10-24(11-13-25)29-19-42-28-18-26(14-15-27(28)45-29)31-21-44-37(47-31)33-9-7-17-51(33)39(54)35(23(3)52)49-41(56)58-5/h10-15,18-23,32-35,52H,6-9,16-17H2,1-5H3,(H,43,46)(H,44,47)(H,48,55)(H,49,56)/t23-,32+,33+,34+,35+/m1/s1. The first-order valence-corrected chi connectivity index (χ1v) is 19.4. The van der Waals surface area contributed by atoms with E-state index in [4.69, 9.17) is 14.7 Å². The summed E-state index contributed by atoms with van der Waals surface area (Å²) < 4.78 is 9.39. The molecule has 2 aliphatic heterocycles. The van der Waals surface area contributed by atoms with Crippen LogP contribution >= 0.6 is 0 Å². The molecule has 2 saturated heterocycles. The molecule has 58 heavy (non-hydrogen) atoms. The fourth-order valence-corrected chi connectivity index (χ4v) is 7.70. The number of carbonyl (C=O) groups is 4. The van der Waals surface area contributed by atoms with Crippen molar-refractivity contribution in [1.29, 1.82) is 0 Å². The first-order chi connectivity index (χ1) is 27.9. The number of nitrogens with zero attached hydrogens (tertiary/aromatic N) is 6. The van der Waals surface area contributed by atoms with Crippen molar-refractivity contribution in [2.24, 2.45) is 5.92 Å². The summed E-state index contributed by atoms with van der Waals surface area (Å²) in [4.78, 5) is 79.8. The molecule has 4 amide bonds. The van der Waals surface area contributed by atoms with Crippen LogP contribution in [0.25, 0.3) is 44.8 Å². The Morgan fingerprint density at radius 3 is 1.78 bits per heavy atom. The van der Waals surface area contributed by atoms with E-state index >= 15 is 0 Å². The van der Waals surface area contributed by atoms with E-state index in [-0.39, 0.29) is 23.9 Å². The summed E-state index contributed by atoms with van der Waals surface area (Å²) in [6.07, 6.45) is 5.71. The summed E-state index contributed by atoms with van der Waals surface area (Å²) in [5.74, 6) is 0.626. The highest BCUT2D eigenvalue weighted by Crippen LogP contribution is 2.35. The lowest BCUT2D eigenvalue weighted by Crippen LogP contribution is -2.53. The lowest BCUT2D eigenvalue weighted by molar-refractivity contribution is -0.137. The van der Waals surface area contributed by atoms with Crippen molar-refractivity contribution in [2.45, 2.75) is 76.7 Å². The molecule has 0 radical (unpaired) electrons. The first-order valence-electron chi connectivity index (χ1n) is 19.4. The Morgan fingerprint density at radius 2 is 1.22 bits per heavy atom.